The van der Waals surface area contributed by atoms with Crippen molar-refractivity contribution in [1.29, 1.82) is 0 Å². The van der Waals surface area contributed by atoms with Crippen molar-refractivity contribution >= 4 is 11.7 Å². The largest absolute Gasteiger partial charge is 0.438 e. The fraction of sp³-hybridized carbons (Fsp3) is 0. The van der Waals surface area contributed by atoms with E-state index in [1.54, 1.807) is 24.3 Å². The summed E-state index contributed by atoms with van der Waals surface area (Å²) in [5.74, 6) is 0.699. The summed E-state index contributed by atoms with van der Waals surface area (Å²) in [6.45, 7) is 0. The molecule has 1 aromatic heterocycles. The lowest BCUT2D eigenvalue weighted by molar-refractivity contribution is 0.100. The summed E-state index contributed by atoms with van der Waals surface area (Å²) in [7, 11) is 0. The number of nitrogen functional groups attached to an aromatic ring is 1. The van der Waals surface area contributed by atoms with Gasteiger partial charge >= 0.3 is 0 Å². The van der Waals surface area contributed by atoms with Gasteiger partial charge in [-0.25, -0.2) is 9.97 Å². The van der Waals surface area contributed by atoms with E-state index in [2.05, 4.69) is 9.97 Å². The number of rotatable bonds is 3. The molecule has 6 nitrogen and oxygen atoms in total. The number of hydrogen-bond acceptors (Lipinski definition) is 5. The van der Waals surface area contributed by atoms with Crippen molar-refractivity contribution in [3.05, 3.63) is 42.2 Å². The van der Waals surface area contributed by atoms with Crippen LogP contribution >= 0.6 is 0 Å². The van der Waals surface area contributed by atoms with E-state index in [4.69, 9.17) is 16.2 Å². The van der Waals surface area contributed by atoms with E-state index in [-0.39, 0.29) is 0 Å². The van der Waals surface area contributed by atoms with Crippen molar-refractivity contribution < 1.29 is 9.53 Å². The maximum absolute atomic E-state index is 10.9. The first-order chi connectivity index (χ1) is 8.15. The Bertz CT molecular complexity index is 522. The minimum absolute atomic E-state index is 0.321. The molecule has 86 valence electrons. The van der Waals surface area contributed by atoms with Crippen LogP contribution in [0.4, 0.5) is 5.82 Å². The first kappa shape index (κ1) is 10.9. The summed E-state index contributed by atoms with van der Waals surface area (Å²) in [4.78, 5) is 18.6. The van der Waals surface area contributed by atoms with Crippen molar-refractivity contribution in [3.8, 4) is 11.6 Å². The zero-order valence-electron chi connectivity index (χ0n) is 8.83. The predicted octanol–water partition coefficient (Wildman–Crippen LogP) is 0.950. The van der Waals surface area contributed by atoms with Gasteiger partial charge in [0, 0.05) is 5.56 Å². The smallest absolute Gasteiger partial charge is 0.248 e. The van der Waals surface area contributed by atoms with Gasteiger partial charge in [-0.2, -0.15) is 0 Å². The van der Waals surface area contributed by atoms with Gasteiger partial charge in [-0.1, -0.05) is 0 Å². The van der Waals surface area contributed by atoms with Crippen LogP contribution in [0.1, 0.15) is 10.4 Å². The summed E-state index contributed by atoms with van der Waals surface area (Å²) in [6.07, 6.45) is 2.81. The number of anilines is 1. The van der Waals surface area contributed by atoms with Crippen LogP contribution < -0.4 is 16.2 Å². The van der Waals surface area contributed by atoms with Crippen LogP contribution in [-0.4, -0.2) is 15.9 Å². The standard InChI is InChI=1S/C11H10N4O2/c12-9-5-15-10(6-14-9)17-8-3-1-7(2-4-8)11(13)16/h1-6H,(H2,12,14)(H2,13,16). The number of hydrogen-bond donors (Lipinski definition) is 2. The summed E-state index contributed by atoms with van der Waals surface area (Å²) in [5, 5.41) is 0. The van der Waals surface area contributed by atoms with Crippen LogP contribution in [0.5, 0.6) is 11.6 Å². The molecule has 0 atom stereocenters. The van der Waals surface area contributed by atoms with Gasteiger partial charge in [-0.05, 0) is 24.3 Å². The highest BCUT2D eigenvalue weighted by Crippen LogP contribution is 2.18. The predicted molar refractivity (Wildman–Crippen MR) is 61.5 cm³/mol. The van der Waals surface area contributed by atoms with Crippen molar-refractivity contribution in [2.45, 2.75) is 0 Å². The quantitative estimate of drug-likeness (QED) is 0.816. The molecular formula is C11H10N4O2. The normalized spacial score (nSPS) is 9.88. The monoisotopic (exact) mass is 230 g/mol. The lowest BCUT2D eigenvalue weighted by Crippen LogP contribution is -2.10. The SMILES string of the molecule is NC(=O)c1ccc(Oc2cnc(N)cn2)cc1. The van der Waals surface area contributed by atoms with E-state index in [1.165, 1.54) is 12.4 Å². The average Bonchev–Trinajstić information content (AvgIpc) is 2.33. The molecule has 0 radical (unpaired) electrons. The summed E-state index contributed by atoms with van der Waals surface area (Å²) in [5.41, 5.74) is 10.9. The Morgan fingerprint density at radius 1 is 1.12 bits per heavy atom. The highest BCUT2D eigenvalue weighted by molar-refractivity contribution is 5.92. The number of carbonyl (C=O) groups excluding carboxylic acids is 1. The molecule has 0 spiro atoms. The topological polar surface area (TPSA) is 104 Å². The van der Waals surface area contributed by atoms with Gasteiger partial charge < -0.3 is 16.2 Å². The molecule has 0 bridgehead atoms. The minimum Gasteiger partial charge on any atom is -0.438 e. The lowest BCUT2D eigenvalue weighted by atomic mass is 10.2. The van der Waals surface area contributed by atoms with E-state index in [0.29, 0.717) is 23.0 Å². The fourth-order valence-corrected chi connectivity index (χ4v) is 1.19. The van der Waals surface area contributed by atoms with Crippen LogP contribution in [0, 0.1) is 0 Å². The second kappa shape index (κ2) is 4.48. The molecule has 4 N–H and O–H groups in total. The molecule has 0 saturated carbocycles. The molecule has 2 rings (SSSR count). The highest BCUT2D eigenvalue weighted by atomic mass is 16.5. The Morgan fingerprint density at radius 2 is 1.82 bits per heavy atom. The fourth-order valence-electron chi connectivity index (χ4n) is 1.19. The van der Waals surface area contributed by atoms with Crippen molar-refractivity contribution in [3.63, 3.8) is 0 Å². The van der Waals surface area contributed by atoms with Gasteiger partial charge in [-0.15, -0.1) is 0 Å². The maximum Gasteiger partial charge on any atom is 0.248 e. The van der Waals surface area contributed by atoms with E-state index < -0.39 is 5.91 Å². The van der Waals surface area contributed by atoms with Crippen LogP contribution in [0.25, 0.3) is 0 Å². The van der Waals surface area contributed by atoms with Gasteiger partial charge in [0.2, 0.25) is 11.8 Å². The van der Waals surface area contributed by atoms with Gasteiger partial charge in [0.25, 0.3) is 0 Å². The van der Waals surface area contributed by atoms with Crippen LogP contribution in [0.2, 0.25) is 0 Å². The number of nitrogens with zero attached hydrogens (tertiary/aromatic N) is 2. The van der Waals surface area contributed by atoms with E-state index in [1.807, 2.05) is 0 Å². The third kappa shape index (κ3) is 2.69. The molecule has 0 unspecified atom stereocenters. The number of primary amides is 1. The Labute approximate surface area is 97.2 Å². The lowest BCUT2D eigenvalue weighted by Gasteiger charge is -2.04. The number of carbonyl (C=O) groups is 1. The Hall–Kier alpha value is -2.63. The summed E-state index contributed by atoms with van der Waals surface area (Å²) < 4.78 is 5.39. The molecule has 0 fully saturated rings. The molecule has 0 aliphatic carbocycles. The summed E-state index contributed by atoms with van der Waals surface area (Å²) in [6, 6.07) is 6.39. The van der Waals surface area contributed by atoms with E-state index in [9.17, 15) is 4.79 Å². The van der Waals surface area contributed by atoms with Gasteiger partial charge in [0.1, 0.15) is 11.6 Å². The molecule has 1 heterocycles. The molecule has 0 aliphatic rings. The van der Waals surface area contributed by atoms with E-state index >= 15 is 0 Å². The van der Waals surface area contributed by atoms with Crippen LogP contribution in [0.3, 0.4) is 0 Å². The van der Waals surface area contributed by atoms with Crippen molar-refractivity contribution in [2.24, 2.45) is 5.73 Å². The Kier molecular flexibility index (Phi) is 2.87. The second-order valence-corrected chi connectivity index (χ2v) is 3.27. The van der Waals surface area contributed by atoms with Crippen molar-refractivity contribution in [1.82, 2.24) is 9.97 Å². The number of nitrogens with two attached hydrogens (primary N) is 2. The van der Waals surface area contributed by atoms with Crippen LogP contribution in [0.15, 0.2) is 36.7 Å². The zero-order valence-corrected chi connectivity index (χ0v) is 8.83. The number of aromatic nitrogens is 2. The Morgan fingerprint density at radius 3 is 2.35 bits per heavy atom. The number of amides is 1. The molecule has 17 heavy (non-hydrogen) atoms. The third-order valence-corrected chi connectivity index (χ3v) is 2.01. The first-order valence-electron chi connectivity index (χ1n) is 4.80. The molecule has 0 aliphatic heterocycles. The van der Waals surface area contributed by atoms with Gasteiger partial charge in [0.15, 0.2) is 0 Å². The van der Waals surface area contributed by atoms with E-state index in [0.717, 1.165) is 0 Å². The van der Waals surface area contributed by atoms with Crippen molar-refractivity contribution in [2.75, 3.05) is 5.73 Å². The maximum atomic E-state index is 10.9. The molecule has 1 amide bonds. The Balaban J connectivity index is 2.13. The zero-order chi connectivity index (χ0) is 12.3. The molecule has 1 aromatic carbocycles. The number of benzene rings is 1. The average molecular weight is 230 g/mol. The third-order valence-electron chi connectivity index (χ3n) is 2.01. The molecule has 0 saturated heterocycles. The minimum atomic E-state index is -0.483. The van der Waals surface area contributed by atoms with Gasteiger partial charge in [0.05, 0.1) is 12.4 Å². The van der Waals surface area contributed by atoms with Gasteiger partial charge in [-0.3, -0.25) is 4.79 Å². The molecular weight excluding hydrogens is 220 g/mol. The number of ether oxygens (including phenoxy) is 1. The molecule has 6 heteroatoms. The highest BCUT2D eigenvalue weighted by Gasteiger charge is 2.02. The van der Waals surface area contributed by atoms with Crippen LogP contribution in [-0.2, 0) is 0 Å². The first-order valence-corrected chi connectivity index (χ1v) is 4.80. The molecule has 2 aromatic rings. The second-order valence-electron chi connectivity index (χ2n) is 3.27. The summed E-state index contributed by atoms with van der Waals surface area (Å²) >= 11 is 0.